The molecule has 6 heteroatoms. The van der Waals surface area contributed by atoms with Crippen molar-refractivity contribution >= 4 is 28.5 Å². The fraction of sp³-hybridized carbons (Fsp3) is 0.200. The van der Waals surface area contributed by atoms with Gasteiger partial charge in [-0.3, -0.25) is 4.79 Å². The molecule has 0 atom stereocenters. The molecular weight excluding hydrogens is 352 g/mol. The van der Waals surface area contributed by atoms with E-state index in [1.807, 2.05) is 48.1 Å². The minimum absolute atomic E-state index is 0.100. The topological polar surface area (TPSA) is 64.2 Å². The normalized spacial score (nSPS) is 10.5. The van der Waals surface area contributed by atoms with Crippen molar-refractivity contribution in [2.75, 3.05) is 6.61 Å². The van der Waals surface area contributed by atoms with Crippen LogP contribution in [0.15, 0.2) is 42.6 Å². The number of hydrogen-bond donors (Lipinski definition) is 0. The first-order valence-electron chi connectivity index (χ1n) is 8.13. The van der Waals surface area contributed by atoms with Gasteiger partial charge in [-0.2, -0.15) is 5.26 Å². The van der Waals surface area contributed by atoms with Gasteiger partial charge in [0.05, 0.1) is 29.7 Å². The molecule has 0 saturated carbocycles. The summed E-state index contributed by atoms with van der Waals surface area (Å²) in [5.41, 5.74) is 2.25. The number of ether oxygens (including phenoxy) is 2. The number of aromatic nitrogens is 1. The van der Waals surface area contributed by atoms with Crippen molar-refractivity contribution in [3.8, 4) is 17.6 Å². The summed E-state index contributed by atoms with van der Waals surface area (Å²) in [6, 6.07) is 12.8. The first-order chi connectivity index (χ1) is 12.5. The van der Waals surface area contributed by atoms with Crippen LogP contribution in [0.25, 0.3) is 10.9 Å². The number of fused-ring (bicyclic) bond motifs is 1. The van der Waals surface area contributed by atoms with Crippen LogP contribution in [0.3, 0.4) is 0 Å². The molecule has 0 aliphatic carbocycles. The summed E-state index contributed by atoms with van der Waals surface area (Å²) >= 11 is 6.18. The highest BCUT2D eigenvalue weighted by atomic mass is 35.5. The number of halogens is 1. The number of aryl methyl sites for hydroxylation is 1. The largest absolute Gasteiger partial charge is 0.490 e. The van der Waals surface area contributed by atoms with Gasteiger partial charge in [-0.1, -0.05) is 29.8 Å². The number of esters is 1. The molecule has 3 aromatic rings. The number of para-hydroxylation sites is 1. The Morgan fingerprint density at radius 1 is 1.31 bits per heavy atom. The van der Waals surface area contributed by atoms with Crippen molar-refractivity contribution in [3.05, 3.63) is 58.7 Å². The van der Waals surface area contributed by atoms with Gasteiger partial charge < -0.3 is 14.0 Å². The highest BCUT2D eigenvalue weighted by molar-refractivity contribution is 6.32. The Kier molecular flexibility index (Phi) is 5.15. The molecule has 0 N–H and O–H groups in total. The van der Waals surface area contributed by atoms with E-state index in [4.69, 9.17) is 26.3 Å². The molecule has 2 aromatic carbocycles. The zero-order chi connectivity index (χ0) is 18.7. The summed E-state index contributed by atoms with van der Waals surface area (Å²) in [5, 5.41) is 10.2. The molecule has 0 radical (unpaired) electrons. The lowest BCUT2D eigenvalue weighted by atomic mass is 10.1. The molecule has 5 nitrogen and oxygen atoms in total. The van der Waals surface area contributed by atoms with Gasteiger partial charge in [-0.15, -0.1) is 0 Å². The highest BCUT2D eigenvalue weighted by Gasteiger charge is 2.18. The molecule has 0 fully saturated rings. The van der Waals surface area contributed by atoms with Crippen LogP contribution >= 0.6 is 11.6 Å². The Morgan fingerprint density at radius 2 is 2.08 bits per heavy atom. The van der Waals surface area contributed by atoms with Gasteiger partial charge in [0.1, 0.15) is 0 Å². The lowest BCUT2D eigenvalue weighted by molar-refractivity contribution is -0.133. The van der Waals surface area contributed by atoms with E-state index in [2.05, 4.69) is 0 Å². The molecule has 0 aliphatic rings. The Bertz CT molecular complexity index is 1020. The lowest BCUT2D eigenvalue weighted by Gasteiger charge is -2.12. The molecule has 1 heterocycles. The summed E-state index contributed by atoms with van der Waals surface area (Å²) < 4.78 is 12.9. The number of carbonyl (C=O) groups is 1. The van der Waals surface area contributed by atoms with Gasteiger partial charge in [0.2, 0.25) is 0 Å². The van der Waals surface area contributed by atoms with Crippen molar-refractivity contribution < 1.29 is 14.3 Å². The number of hydrogen-bond acceptors (Lipinski definition) is 4. The zero-order valence-electron chi connectivity index (χ0n) is 14.5. The monoisotopic (exact) mass is 368 g/mol. The van der Waals surface area contributed by atoms with E-state index in [1.54, 1.807) is 6.92 Å². The van der Waals surface area contributed by atoms with E-state index < -0.39 is 5.97 Å². The lowest BCUT2D eigenvalue weighted by Crippen LogP contribution is -2.12. The van der Waals surface area contributed by atoms with Gasteiger partial charge in [-0.25, -0.2) is 0 Å². The second kappa shape index (κ2) is 7.51. The maximum absolute atomic E-state index is 12.5. The molecule has 0 aliphatic heterocycles. The third-order valence-electron chi connectivity index (χ3n) is 3.97. The van der Waals surface area contributed by atoms with Crippen molar-refractivity contribution in [3.63, 3.8) is 0 Å². The van der Waals surface area contributed by atoms with Crippen LogP contribution in [0, 0.1) is 11.3 Å². The zero-order valence-corrected chi connectivity index (χ0v) is 15.2. The minimum Gasteiger partial charge on any atom is -0.490 e. The number of carbonyl (C=O) groups excluding carboxylic acids is 1. The predicted molar refractivity (Wildman–Crippen MR) is 99.6 cm³/mol. The number of benzene rings is 2. The second-order valence-electron chi connectivity index (χ2n) is 5.76. The quantitative estimate of drug-likeness (QED) is 0.499. The third kappa shape index (κ3) is 3.51. The fourth-order valence-corrected chi connectivity index (χ4v) is 3.12. The first kappa shape index (κ1) is 17.8. The summed E-state index contributed by atoms with van der Waals surface area (Å²) in [4.78, 5) is 12.5. The number of nitriles is 1. The SMILES string of the molecule is CCOc1cc(C#N)cc(Cl)c1OC(=O)Cc1cn(C)c2ccccc12. The summed E-state index contributed by atoms with van der Waals surface area (Å²) in [6.07, 6.45) is 2.01. The standard InChI is InChI=1S/C20H17ClN2O3/c1-3-25-18-9-13(11-22)8-16(21)20(18)26-19(24)10-14-12-23(2)17-7-5-4-6-15(14)17/h4-9,12H,3,10H2,1-2H3. The van der Waals surface area contributed by atoms with Crippen LogP contribution < -0.4 is 9.47 Å². The fourth-order valence-electron chi connectivity index (χ4n) is 2.87. The van der Waals surface area contributed by atoms with Crippen molar-refractivity contribution in [2.45, 2.75) is 13.3 Å². The Hall–Kier alpha value is -2.97. The Balaban J connectivity index is 1.87. The first-order valence-corrected chi connectivity index (χ1v) is 8.51. The smallest absolute Gasteiger partial charge is 0.315 e. The second-order valence-corrected chi connectivity index (χ2v) is 6.17. The van der Waals surface area contributed by atoms with E-state index in [9.17, 15) is 4.79 Å². The molecule has 0 bridgehead atoms. The molecule has 0 spiro atoms. The molecule has 3 rings (SSSR count). The summed E-state index contributed by atoms with van der Waals surface area (Å²) in [5.74, 6) is -0.0329. The Labute approximate surface area is 156 Å². The molecule has 0 saturated heterocycles. The average molecular weight is 369 g/mol. The molecular formula is C20H17ClN2O3. The predicted octanol–water partition coefficient (Wildman–Crippen LogP) is 4.25. The van der Waals surface area contributed by atoms with E-state index in [0.29, 0.717) is 12.2 Å². The number of rotatable bonds is 5. The van der Waals surface area contributed by atoms with Crippen LogP contribution in [-0.4, -0.2) is 17.1 Å². The van der Waals surface area contributed by atoms with Gasteiger partial charge in [0.25, 0.3) is 0 Å². The van der Waals surface area contributed by atoms with Crippen molar-refractivity contribution in [1.82, 2.24) is 4.57 Å². The van der Waals surface area contributed by atoms with Crippen LogP contribution in [0.1, 0.15) is 18.1 Å². The van der Waals surface area contributed by atoms with E-state index in [-0.39, 0.29) is 22.9 Å². The highest BCUT2D eigenvalue weighted by Crippen LogP contribution is 2.37. The van der Waals surface area contributed by atoms with E-state index in [1.165, 1.54) is 12.1 Å². The average Bonchev–Trinajstić information content (AvgIpc) is 2.94. The van der Waals surface area contributed by atoms with E-state index >= 15 is 0 Å². The molecule has 132 valence electrons. The van der Waals surface area contributed by atoms with Crippen molar-refractivity contribution in [1.29, 1.82) is 5.26 Å². The van der Waals surface area contributed by atoms with Crippen LogP contribution in [0.2, 0.25) is 5.02 Å². The third-order valence-corrected chi connectivity index (χ3v) is 4.25. The Morgan fingerprint density at radius 3 is 2.81 bits per heavy atom. The molecule has 26 heavy (non-hydrogen) atoms. The van der Waals surface area contributed by atoms with Crippen molar-refractivity contribution in [2.24, 2.45) is 7.05 Å². The van der Waals surface area contributed by atoms with Gasteiger partial charge in [-0.05, 0) is 24.6 Å². The summed E-state index contributed by atoms with van der Waals surface area (Å²) in [6.45, 7) is 2.16. The minimum atomic E-state index is -0.450. The molecule has 0 unspecified atom stereocenters. The van der Waals surface area contributed by atoms with Gasteiger partial charge in [0, 0.05) is 30.2 Å². The van der Waals surface area contributed by atoms with Crippen LogP contribution in [0.4, 0.5) is 0 Å². The summed E-state index contributed by atoms with van der Waals surface area (Å²) in [7, 11) is 1.93. The van der Waals surface area contributed by atoms with E-state index in [0.717, 1.165) is 16.5 Å². The van der Waals surface area contributed by atoms with Crippen LogP contribution in [-0.2, 0) is 18.3 Å². The molecule has 0 amide bonds. The van der Waals surface area contributed by atoms with Crippen LogP contribution in [0.5, 0.6) is 11.5 Å². The maximum Gasteiger partial charge on any atom is 0.315 e. The number of nitrogens with zero attached hydrogens (tertiary/aromatic N) is 2. The maximum atomic E-state index is 12.5. The van der Waals surface area contributed by atoms with Gasteiger partial charge in [0.15, 0.2) is 11.5 Å². The molecule has 1 aromatic heterocycles. The van der Waals surface area contributed by atoms with Gasteiger partial charge >= 0.3 is 5.97 Å².